The molecule has 3 fully saturated rings. The van der Waals surface area contributed by atoms with Crippen molar-refractivity contribution in [2.24, 2.45) is 12.5 Å². The number of nitrogens with zero attached hydrogens (tertiary/aromatic N) is 1. The van der Waals surface area contributed by atoms with Gasteiger partial charge in [0.05, 0.1) is 18.0 Å². The monoisotopic (exact) mass is 273 g/mol. The topological polar surface area (TPSA) is 61.4 Å². The van der Waals surface area contributed by atoms with Gasteiger partial charge in [-0.2, -0.15) is 0 Å². The first-order chi connectivity index (χ1) is 9.50. The highest BCUT2D eigenvalue weighted by Gasteiger charge is 2.72. The molecule has 0 N–H and O–H groups in total. The Morgan fingerprint density at radius 3 is 2.70 bits per heavy atom. The summed E-state index contributed by atoms with van der Waals surface area (Å²) in [6.07, 6.45) is 2.55. The largest absolute Gasteiger partial charge is 0.469 e. The summed E-state index contributed by atoms with van der Waals surface area (Å²) in [5, 5.41) is 0. The van der Waals surface area contributed by atoms with Gasteiger partial charge >= 0.3 is 11.7 Å². The molecule has 0 amide bonds. The van der Waals surface area contributed by atoms with E-state index in [-0.39, 0.29) is 22.6 Å². The molecule has 0 radical (unpaired) electrons. The molecule has 3 aliphatic carbocycles. The SMILES string of the molecule is COC(=O)C12CC(c3ccc4oc(=O)n(C)c4c3)(C1)C2. The van der Waals surface area contributed by atoms with Crippen LogP contribution in [0.1, 0.15) is 24.8 Å². The predicted octanol–water partition coefficient (Wildman–Crippen LogP) is 1.73. The van der Waals surface area contributed by atoms with Crippen LogP contribution in [-0.4, -0.2) is 17.6 Å². The van der Waals surface area contributed by atoms with Crippen molar-refractivity contribution in [1.29, 1.82) is 0 Å². The number of aromatic nitrogens is 1. The van der Waals surface area contributed by atoms with Crippen LogP contribution in [0.3, 0.4) is 0 Å². The van der Waals surface area contributed by atoms with Gasteiger partial charge in [0, 0.05) is 7.05 Å². The second-order valence-corrected chi connectivity index (χ2v) is 6.19. The first kappa shape index (κ1) is 11.8. The zero-order valence-electron chi connectivity index (χ0n) is 11.4. The Bertz CT molecular complexity index is 778. The highest BCUT2D eigenvalue weighted by Crippen LogP contribution is 2.74. The normalized spacial score (nSPS) is 30.7. The van der Waals surface area contributed by atoms with E-state index in [2.05, 4.69) is 0 Å². The fraction of sp³-hybridized carbons (Fsp3) is 0.467. The number of hydrogen-bond donors (Lipinski definition) is 0. The van der Waals surface area contributed by atoms with Crippen molar-refractivity contribution < 1.29 is 13.9 Å². The van der Waals surface area contributed by atoms with Crippen LogP contribution >= 0.6 is 0 Å². The van der Waals surface area contributed by atoms with Gasteiger partial charge in [0.1, 0.15) is 0 Å². The maximum atomic E-state index is 11.7. The molecular formula is C15H15NO4. The average Bonchev–Trinajstić information content (AvgIpc) is 2.62. The van der Waals surface area contributed by atoms with Crippen LogP contribution in [0.5, 0.6) is 0 Å². The highest BCUT2D eigenvalue weighted by atomic mass is 16.5. The van der Waals surface area contributed by atoms with Gasteiger partial charge in [0.25, 0.3) is 0 Å². The quantitative estimate of drug-likeness (QED) is 0.782. The third-order valence-corrected chi connectivity index (χ3v) is 5.05. The molecule has 0 aliphatic heterocycles. The van der Waals surface area contributed by atoms with Crippen LogP contribution in [0.2, 0.25) is 0 Å². The molecule has 0 saturated heterocycles. The minimum Gasteiger partial charge on any atom is -0.469 e. The van der Waals surface area contributed by atoms with Gasteiger partial charge in [-0.15, -0.1) is 0 Å². The number of ether oxygens (including phenoxy) is 1. The number of oxazole rings is 1. The number of rotatable bonds is 2. The summed E-state index contributed by atoms with van der Waals surface area (Å²) in [6, 6.07) is 5.86. The first-order valence-corrected chi connectivity index (χ1v) is 6.68. The number of hydrogen-bond acceptors (Lipinski definition) is 4. The summed E-state index contributed by atoms with van der Waals surface area (Å²) in [5.41, 5.74) is 2.45. The molecule has 0 atom stereocenters. The van der Waals surface area contributed by atoms with Gasteiger partial charge in [-0.1, -0.05) is 6.07 Å². The van der Waals surface area contributed by atoms with Crippen molar-refractivity contribution in [3.8, 4) is 0 Å². The van der Waals surface area contributed by atoms with Crippen LogP contribution in [0.4, 0.5) is 0 Å². The number of carbonyl (C=O) groups excluding carboxylic acids is 1. The van der Waals surface area contributed by atoms with E-state index in [1.807, 2.05) is 18.2 Å². The van der Waals surface area contributed by atoms with Crippen LogP contribution < -0.4 is 5.76 Å². The maximum Gasteiger partial charge on any atom is 0.419 e. The van der Waals surface area contributed by atoms with Crippen LogP contribution in [-0.2, 0) is 22.0 Å². The zero-order valence-corrected chi connectivity index (χ0v) is 11.4. The Hall–Kier alpha value is -2.04. The molecule has 1 aromatic heterocycles. The molecule has 20 heavy (non-hydrogen) atoms. The fourth-order valence-electron chi connectivity index (χ4n) is 3.98. The number of carbonyl (C=O) groups is 1. The molecule has 2 bridgehead atoms. The van der Waals surface area contributed by atoms with Gasteiger partial charge in [-0.25, -0.2) is 4.79 Å². The summed E-state index contributed by atoms with van der Waals surface area (Å²) in [5.74, 6) is -0.433. The molecule has 3 saturated carbocycles. The van der Waals surface area contributed by atoms with E-state index >= 15 is 0 Å². The second-order valence-electron chi connectivity index (χ2n) is 6.19. The minimum absolute atomic E-state index is 0.0869. The lowest BCUT2D eigenvalue weighted by Gasteiger charge is -2.68. The van der Waals surface area contributed by atoms with E-state index in [1.54, 1.807) is 7.05 Å². The molecule has 1 heterocycles. The van der Waals surface area contributed by atoms with Crippen molar-refractivity contribution in [1.82, 2.24) is 4.57 Å². The molecule has 5 heteroatoms. The highest BCUT2D eigenvalue weighted by molar-refractivity contribution is 5.83. The molecule has 3 aliphatic rings. The number of fused-ring (bicyclic) bond motifs is 1. The Kier molecular flexibility index (Phi) is 1.96. The molecule has 2 aromatic rings. The Labute approximate surface area is 115 Å². The second kappa shape index (κ2) is 3.34. The van der Waals surface area contributed by atoms with Crippen molar-refractivity contribution >= 4 is 17.1 Å². The average molecular weight is 273 g/mol. The maximum absolute atomic E-state index is 11.7. The van der Waals surface area contributed by atoms with Crippen molar-refractivity contribution in [2.45, 2.75) is 24.7 Å². The minimum atomic E-state index is -0.347. The van der Waals surface area contributed by atoms with Crippen molar-refractivity contribution in [3.05, 3.63) is 34.3 Å². The van der Waals surface area contributed by atoms with Gasteiger partial charge in [0.15, 0.2) is 5.58 Å². The van der Waals surface area contributed by atoms with E-state index in [4.69, 9.17) is 9.15 Å². The van der Waals surface area contributed by atoms with Crippen LogP contribution in [0, 0.1) is 5.41 Å². The van der Waals surface area contributed by atoms with Crippen molar-refractivity contribution in [3.63, 3.8) is 0 Å². The molecule has 0 spiro atoms. The molecule has 5 rings (SSSR count). The number of methoxy groups -OCH3 is 1. The first-order valence-electron chi connectivity index (χ1n) is 6.68. The summed E-state index contributed by atoms with van der Waals surface area (Å²) in [6.45, 7) is 0. The van der Waals surface area contributed by atoms with Crippen LogP contribution in [0.25, 0.3) is 11.1 Å². The van der Waals surface area contributed by atoms with Crippen molar-refractivity contribution in [2.75, 3.05) is 7.11 Å². The number of benzene rings is 1. The van der Waals surface area contributed by atoms with Gasteiger partial charge < -0.3 is 9.15 Å². The van der Waals surface area contributed by atoms with Gasteiger partial charge in [-0.05, 0) is 42.4 Å². The molecule has 104 valence electrons. The van der Waals surface area contributed by atoms with E-state index in [9.17, 15) is 9.59 Å². The lowest BCUT2D eigenvalue weighted by molar-refractivity contribution is -0.198. The predicted molar refractivity (Wildman–Crippen MR) is 71.4 cm³/mol. The molecular weight excluding hydrogens is 258 g/mol. The Morgan fingerprint density at radius 1 is 1.35 bits per heavy atom. The zero-order chi connectivity index (χ0) is 14.1. The van der Waals surface area contributed by atoms with Gasteiger partial charge in [-0.3, -0.25) is 9.36 Å². The van der Waals surface area contributed by atoms with E-state index < -0.39 is 0 Å². The summed E-state index contributed by atoms with van der Waals surface area (Å²) >= 11 is 0. The summed E-state index contributed by atoms with van der Waals surface area (Å²) in [7, 11) is 3.15. The fourth-order valence-corrected chi connectivity index (χ4v) is 3.98. The number of esters is 1. The van der Waals surface area contributed by atoms with E-state index in [1.165, 1.54) is 17.2 Å². The lowest BCUT2D eigenvalue weighted by atomic mass is 9.33. The molecule has 0 unspecified atom stereocenters. The molecule has 5 nitrogen and oxygen atoms in total. The molecule has 1 aromatic carbocycles. The Balaban J connectivity index is 1.71. The standard InChI is InChI=1S/C15H15NO4/c1-16-10-5-9(3-4-11(10)20-13(16)18)14-6-15(7-14,8-14)12(17)19-2/h3-5H,6-8H2,1-2H3. The third-order valence-electron chi connectivity index (χ3n) is 5.05. The Morgan fingerprint density at radius 2 is 2.05 bits per heavy atom. The van der Waals surface area contributed by atoms with E-state index in [0.29, 0.717) is 5.58 Å². The van der Waals surface area contributed by atoms with Gasteiger partial charge in [0.2, 0.25) is 0 Å². The summed E-state index contributed by atoms with van der Waals surface area (Å²) < 4.78 is 11.5. The van der Waals surface area contributed by atoms with E-state index in [0.717, 1.165) is 24.8 Å². The smallest absolute Gasteiger partial charge is 0.419 e. The van der Waals surface area contributed by atoms with Crippen LogP contribution in [0.15, 0.2) is 27.4 Å². The lowest BCUT2D eigenvalue weighted by Crippen LogP contribution is -2.68. The third kappa shape index (κ3) is 1.18. The summed E-state index contributed by atoms with van der Waals surface area (Å²) in [4.78, 5) is 23.2. The number of aryl methyl sites for hydroxylation is 1.